The van der Waals surface area contributed by atoms with Crippen molar-refractivity contribution in [3.63, 3.8) is 0 Å². The van der Waals surface area contributed by atoms with Crippen molar-refractivity contribution in [3.05, 3.63) is 64.9 Å². The van der Waals surface area contributed by atoms with E-state index in [9.17, 15) is 15.0 Å². The summed E-state index contributed by atoms with van der Waals surface area (Å²) in [5.74, 6) is -1.11. The first kappa shape index (κ1) is 17.3. The summed E-state index contributed by atoms with van der Waals surface area (Å²) in [6.45, 7) is 0. The lowest BCUT2D eigenvalue weighted by molar-refractivity contribution is 0.0951. The molecule has 3 N–H and O–H groups in total. The monoisotopic (exact) mass is 369 g/mol. The van der Waals surface area contributed by atoms with Gasteiger partial charge in [0.1, 0.15) is 17.0 Å². The van der Waals surface area contributed by atoms with Crippen LogP contribution < -0.4 is 5.43 Å². The van der Waals surface area contributed by atoms with Crippen molar-refractivity contribution in [2.45, 2.75) is 0 Å². The van der Waals surface area contributed by atoms with Gasteiger partial charge in [0.2, 0.25) is 5.88 Å². The Labute approximate surface area is 152 Å². The molecule has 2 heterocycles. The lowest BCUT2D eigenvalue weighted by Crippen LogP contribution is -2.18. The maximum atomic E-state index is 12.1. The maximum Gasteiger partial charge on any atom is 0.278 e. The van der Waals surface area contributed by atoms with Crippen LogP contribution in [0.2, 0.25) is 5.02 Å². The van der Waals surface area contributed by atoms with Gasteiger partial charge in [-0.3, -0.25) is 9.78 Å². The summed E-state index contributed by atoms with van der Waals surface area (Å²) >= 11 is 5.91. The predicted molar refractivity (Wildman–Crippen MR) is 95.1 cm³/mol. The quantitative estimate of drug-likeness (QED) is 0.479. The molecule has 9 heteroatoms. The summed E-state index contributed by atoms with van der Waals surface area (Å²) in [6, 6.07) is 9.79. The van der Waals surface area contributed by atoms with Crippen LogP contribution in [0.25, 0.3) is 11.5 Å². The number of hydrogen-bond acceptors (Lipinski definition) is 7. The molecule has 0 saturated carbocycles. The second-order valence-electron chi connectivity index (χ2n) is 5.03. The molecule has 0 bridgehead atoms. The summed E-state index contributed by atoms with van der Waals surface area (Å²) in [5.41, 5.74) is 2.96. The molecule has 0 saturated heterocycles. The van der Waals surface area contributed by atoms with Gasteiger partial charge in [0.05, 0.1) is 11.2 Å². The molecular weight excluding hydrogens is 358 g/mol. The zero-order valence-electron chi connectivity index (χ0n) is 13.2. The molecule has 0 fully saturated rings. The SMILES string of the molecule is O=C(NN=Cc1cccc(O)c1Cl)c1cnc(-c2ccccn2)nc1O. The van der Waals surface area contributed by atoms with Crippen LogP contribution in [0.1, 0.15) is 15.9 Å². The van der Waals surface area contributed by atoms with E-state index in [1.165, 1.54) is 18.5 Å². The van der Waals surface area contributed by atoms with Gasteiger partial charge in [-0.15, -0.1) is 0 Å². The van der Waals surface area contributed by atoms with E-state index in [1.54, 1.807) is 36.5 Å². The fraction of sp³-hybridized carbons (Fsp3) is 0. The summed E-state index contributed by atoms with van der Waals surface area (Å²) in [7, 11) is 0. The van der Waals surface area contributed by atoms with E-state index in [4.69, 9.17) is 11.6 Å². The first-order valence-corrected chi connectivity index (χ1v) is 7.72. The Kier molecular flexibility index (Phi) is 5.04. The van der Waals surface area contributed by atoms with E-state index >= 15 is 0 Å². The van der Waals surface area contributed by atoms with Gasteiger partial charge in [0.25, 0.3) is 5.91 Å². The van der Waals surface area contributed by atoms with Crippen molar-refractivity contribution < 1.29 is 15.0 Å². The third-order valence-electron chi connectivity index (χ3n) is 3.29. The molecule has 26 heavy (non-hydrogen) atoms. The summed E-state index contributed by atoms with van der Waals surface area (Å²) in [5, 5.41) is 23.3. The third kappa shape index (κ3) is 3.76. The summed E-state index contributed by atoms with van der Waals surface area (Å²) in [6.07, 6.45) is 4.01. The Morgan fingerprint density at radius 2 is 2.00 bits per heavy atom. The first-order chi connectivity index (χ1) is 12.6. The largest absolute Gasteiger partial charge is 0.506 e. The second kappa shape index (κ2) is 7.58. The third-order valence-corrected chi connectivity index (χ3v) is 3.70. The van der Waals surface area contributed by atoms with E-state index in [0.717, 1.165) is 0 Å². The topological polar surface area (TPSA) is 121 Å². The highest BCUT2D eigenvalue weighted by Crippen LogP contribution is 2.25. The van der Waals surface area contributed by atoms with Crippen LogP contribution in [0, 0.1) is 0 Å². The standard InChI is InChI=1S/C17H12ClN5O3/c18-14-10(4-3-6-13(14)24)8-21-23-17(26)11-9-20-15(22-16(11)25)12-5-1-2-7-19-12/h1-9,24H,(H,23,26)(H,20,22,25). The maximum absolute atomic E-state index is 12.1. The molecule has 130 valence electrons. The van der Waals surface area contributed by atoms with Gasteiger partial charge in [0.15, 0.2) is 5.82 Å². The van der Waals surface area contributed by atoms with Crippen LogP contribution in [0.5, 0.6) is 11.6 Å². The smallest absolute Gasteiger partial charge is 0.278 e. The van der Waals surface area contributed by atoms with Gasteiger partial charge in [-0.1, -0.05) is 29.8 Å². The minimum atomic E-state index is -0.706. The molecule has 0 spiro atoms. The van der Waals surface area contributed by atoms with Crippen LogP contribution >= 0.6 is 11.6 Å². The number of carbonyl (C=O) groups is 1. The molecule has 0 aliphatic heterocycles. The van der Waals surface area contributed by atoms with Gasteiger partial charge in [-0.25, -0.2) is 10.4 Å². The number of nitrogens with one attached hydrogen (secondary N) is 1. The normalized spacial score (nSPS) is 10.8. The number of hydrazone groups is 1. The van der Waals surface area contributed by atoms with E-state index in [1.807, 2.05) is 0 Å². The zero-order chi connectivity index (χ0) is 18.5. The highest BCUT2D eigenvalue weighted by molar-refractivity contribution is 6.34. The van der Waals surface area contributed by atoms with Crippen LogP contribution in [-0.2, 0) is 0 Å². The number of aromatic hydroxyl groups is 2. The second-order valence-corrected chi connectivity index (χ2v) is 5.40. The first-order valence-electron chi connectivity index (χ1n) is 7.34. The van der Waals surface area contributed by atoms with Gasteiger partial charge in [-0.05, 0) is 18.2 Å². The van der Waals surface area contributed by atoms with Crippen molar-refractivity contribution in [2.75, 3.05) is 0 Å². The molecule has 8 nitrogen and oxygen atoms in total. The highest BCUT2D eigenvalue weighted by atomic mass is 35.5. The molecule has 0 atom stereocenters. The Bertz CT molecular complexity index is 979. The van der Waals surface area contributed by atoms with Crippen LogP contribution in [-0.4, -0.2) is 37.3 Å². The van der Waals surface area contributed by atoms with Gasteiger partial charge >= 0.3 is 0 Å². The van der Waals surface area contributed by atoms with Crippen LogP contribution in [0.4, 0.5) is 0 Å². The van der Waals surface area contributed by atoms with Crippen LogP contribution in [0.15, 0.2) is 53.9 Å². The number of carbonyl (C=O) groups excluding carboxylic acids is 1. The molecule has 1 aromatic carbocycles. The van der Waals surface area contributed by atoms with E-state index in [0.29, 0.717) is 11.3 Å². The number of hydrogen-bond donors (Lipinski definition) is 3. The van der Waals surface area contributed by atoms with Crippen molar-refractivity contribution in [3.8, 4) is 23.1 Å². The van der Waals surface area contributed by atoms with Crippen molar-refractivity contribution >= 4 is 23.7 Å². The average Bonchev–Trinajstić information content (AvgIpc) is 2.65. The zero-order valence-corrected chi connectivity index (χ0v) is 13.9. The molecule has 0 unspecified atom stereocenters. The van der Waals surface area contributed by atoms with Gasteiger partial charge in [0, 0.05) is 18.0 Å². The number of benzene rings is 1. The van der Waals surface area contributed by atoms with E-state index < -0.39 is 11.8 Å². The molecule has 3 rings (SSSR count). The van der Waals surface area contributed by atoms with E-state index in [-0.39, 0.29) is 22.2 Å². The molecule has 0 aliphatic carbocycles. The molecule has 3 aromatic rings. The number of halogens is 1. The fourth-order valence-electron chi connectivity index (χ4n) is 2.01. The molecule has 1 amide bonds. The summed E-state index contributed by atoms with van der Waals surface area (Å²) < 4.78 is 0. The minimum absolute atomic E-state index is 0.0990. The minimum Gasteiger partial charge on any atom is -0.506 e. The number of nitrogens with zero attached hydrogens (tertiary/aromatic N) is 4. The lowest BCUT2D eigenvalue weighted by Gasteiger charge is -2.04. The number of phenols is 1. The van der Waals surface area contributed by atoms with Crippen molar-refractivity contribution in [1.82, 2.24) is 20.4 Å². The van der Waals surface area contributed by atoms with Gasteiger partial charge in [-0.2, -0.15) is 10.1 Å². The van der Waals surface area contributed by atoms with Gasteiger partial charge < -0.3 is 10.2 Å². The van der Waals surface area contributed by atoms with E-state index in [2.05, 4.69) is 25.5 Å². The van der Waals surface area contributed by atoms with Crippen molar-refractivity contribution in [1.29, 1.82) is 0 Å². The summed E-state index contributed by atoms with van der Waals surface area (Å²) in [4.78, 5) is 24.1. The Hall–Kier alpha value is -3.52. The van der Waals surface area contributed by atoms with Crippen LogP contribution in [0.3, 0.4) is 0 Å². The predicted octanol–water partition coefficient (Wildman–Crippen LogP) is 2.37. The Morgan fingerprint density at radius 1 is 1.15 bits per heavy atom. The fourth-order valence-corrected chi connectivity index (χ4v) is 2.18. The molecule has 0 radical (unpaired) electrons. The number of pyridine rings is 1. The number of amides is 1. The highest BCUT2D eigenvalue weighted by Gasteiger charge is 2.15. The molecular formula is C17H12ClN5O3. The Morgan fingerprint density at radius 3 is 2.73 bits per heavy atom. The lowest BCUT2D eigenvalue weighted by atomic mass is 10.2. The number of rotatable bonds is 4. The number of aromatic nitrogens is 3. The molecule has 0 aliphatic rings. The Balaban J connectivity index is 1.74. The van der Waals surface area contributed by atoms with Crippen molar-refractivity contribution in [2.24, 2.45) is 5.10 Å². The molecule has 2 aromatic heterocycles. The average molecular weight is 370 g/mol. The number of phenolic OH excluding ortho intramolecular Hbond substituents is 1.